The second-order valence-electron chi connectivity index (χ2n) is 5.35. The molecule has 2 aromatic rings. The van der Waals surface area contributed by atoms with Crippen molar-refractivity contribution in [2.45, 2.75) is 26.8 Å². The highest BCUT2D eigenvalue weighted by Crippen LogP contribution is 2.40. The molecule has 1 N–H and O–H groups in total. The zero-order valence-corrected chi connectivity index (χ0v) is 18.0. The standard InChI is InChI=1S/C17H16ClN3O2S2.C2H6/c1-10(22)14(11-6-4-3-5-7-11)15(23)21-12(9-24-17(21)19-2)13-8-20-16(18)25-13;1-2/h3-8,12,22H,9H2,1-2H3;1-2H3/b14-10+,19-17?;. The fourth-order valence-electron chi connectivity index (χ4n) is 2.67. The minimum absolute atomic E-state index is 0.0235. The molecule has 3 rings (SSSR count). The summed E-state index contributed by atoms with van der Waals surface area (Å²) in [6.07, 6.45) is 1.69. The molecule has 5 nitrogen and oxygen atoms in total. The lowest BCUT2D eigenvalue weighted by atomic mass is 10.0. The number of thioether (sulfide) groups is 1. The van der Waals surface area contributed by atoms with Crippen molar-refractivity contribution in [2.24, 2.45) is 4.99 Å². The molecule has 0 saturated carbocycles. The second kappa shape index (κ2) is 9.92. The average Bonchev–Trinajstić information content (AvgIpc) is 3.29. The van der Waals surface area contributed by atoms with Crippen LogP contribution in [0.2, 0.25) is 4.47 Å². The highest BCUT2D eigenvalue weighted by molar-refractivity contribution is 8.14. The van der Waals surface area contributed by atoms with Crippen molar-refractivity contribution in [1.82, 2.24) is 9.88 Å². The van der Waals surface area contributed by atoms with Crippen molar-refractivity contribution in [1.29, 1.82) is 0 Å². The lowest BCUT2D eigenvalue weighted by Crippen LogP contribution is -2.35. The van der Waals surface area contributed by atoms with Gasteiger partial charge in [0, 0.05) is 23.9 Å². The maximum atomic E-state index is 13.3. The Morgan fingerprint density at radius 1 is 1.33 bits per heavy atom. The van der Waals surface area contributed by atoms with Gasteiger partial charge in [0.1, 0.15) is 5.76 Å². The number of aromatic nitrogens is 1. The van der Waals surface area contributed by atoms with E-state index in [1.807, 2.05) is 32.0 Å². The van der Waals surface area contributed by atoms with Gasteiger partial charge in [-0.2, -0.15) is 0 Å². The summed E-state index contributed by atoms with van der Waals surface area (Å²) in [7, 11) is 1.66. The van der Waals surface area contributed by atoms with E-state index >= 15 is 0 Å². The van der Waals surface area contributed by atoms with Crippen LogP contribution in [0.3, 0.4) is 0 Å². The summed E-state index contributed by atoms with van der Waals surface area (Å²) in [5.74, 6) is 0.361. The molecule has 27 heavy (non-hydrogen) atoms. The van der Waals surface area contributed by atoms with E-state index in [1.165, 1.54) is 30.0 Å². The van der Waals surface area contributed by atoms with Crippen LogP contribution in [-0.2, 0) is 4.79 Å². The van der Waals surface area contributed by atoms with E-state index in [-0.39, 0.29) is 23.3 Å². The Balaban J connectivity index is 0.00000126. The largest absolute Gasteiger partial charge is 0.512 e. The number of amides is 1. The number of nitrogens with zero attached hydrogens (tertiary/aromatic N) is 3. The van der Waals surface area contributed by atoms with Gasteiger partial charge in [-0.15, -0.1) is 11.3 Å². The molecule has 0 spiro atoms. The summed E-state index contributed by atoms with van der Waals surface area (Å²) in [5.41, 5.74) is 0.936. The molecular weight excluding hydrogens is 402 g/mol. The molecule has 1 aliphatic heterocycles. The van der Waals surface area contributed by atoms with Crippen LogP contribution in [0.5, 0.6) is 0 Å². The lowest BCUT2D eigenvalue weighted by Gasteiger charge is -2.24. The van der Waals surface area contributed by atoms with E-state index in [0.717, 1.165) is 4.88 Å². The van der Waals surface area contributed by atoms with Gasteiger partial charge in [0.15, 0.2) is 9.63 Å². The third kappa shape index (κ3) is 4.72. The van der Waals surface area contributed by atoms with Crippen LogP contribution in [0, 0.1) is 0 Å². The molecule has 1 fully saturated rings. The van der Waals surface area contributed by atoms with Gasteiger partial charge in [-0.05, 0) is 12.5 Å². The van der Waals surface area contributed by atoms with Gasteiger partial charge in [0.2, 0.25) is 0 Å². The first kappa shape index (κ1) is 21.5. The molecule has 1 aromatic carbocycles. The molecule has 8 heteroatoms. The first-order chi connectivity index (χ1) is 13.0. The summed E-state index contributed by atoms with van der Waals surface area (Å²) in [6, 6.07) is 8.93. The molecule has 1 aromatic heterocycles. The predicted octanol–water partition coefficient (Wildman–Crippen LogP) is 5.41. The average molecular weight is 424 g/mol. The molecular formula is C19H22ClN3O2S2. The number of halogens is 1. The monoisotopic (exact) mass is 423 g/mol. The summed E-state index contributed by atoms with van der Waals surface area (Å²) in [5, 5.41) is 10.8. The summed E-state index contributed by atoms with van der Waals surface area (Å²) >= 11 is 8.81. The molecule has 1 unspecified atom stereocenters. The van der Waals surface area contributed by atoms with Gasteiger partial charge in [-0.3, -0.25) is 14.7 Å². The molecule has 1 aliphatic rings. The first-order valence-electron chi connectivity index (χ1n) is 8.52. The topological polar surface area (TPSA) is 65.8 Å². The maximum Gasteiger partial charge on any atom is 0.264 e. The SMILES string of the molecule is CC.CN=C1SCC(c2cnc(Cl)s2)N1C(=O)/C(=C(\C)O)c1ccccc1. The molecule has 2 heterocycles. The molecule has 0 bridgehead atoms. The van der Waals surface area contributed by atoms with Crippen LogP contribution in [0.4, 0.5) is 0 Å². The second-order valence-corrected chi connectivity index (χ2v) is 7.98. The van der Waals surface area contributed by atoms with Crippen molar-refractivity contribution in [3.05, 3.63) is 57.2 Å². The number of allylic oxidation sites excluding steroid dienone is 1. The Bertz CT molecular complexity index is 846. The zero-order valence-electron chi connectivity index (χ0n) is 15.6. The molecule has 0 radical (unpaired) electrons. The van der Waals surface area contributed by atoms with Crippen LogP contribution >= 0.6 is 34.7 Å². The fourth-order valence-corrected chi connectivity index (χ4v) is 4.94. The molecule has 1 amide bonds. The minimum Gasteiger partial charge on any atom is -0.512 e. The molecule has 0 aliphatic carbocycles. The number of thiazole rings is 1. The van der Waals surface area contributed by atoms with Crippen molar-refractivity contribution < 1.29 is 9.90 Å². The molecule has 1 saturated heterocycles. The Hall–Kier alpha value is -1.83. The van der Waals surface area contributed by atoms with Crippen LogP contribution < -0.4 is 0 Å². The van der Waals surface area contributed by atoms with E-state index in [2.05, 4.69) is 9.98 Å². The third-order valence-electron chi connectivity index (χ3n) is 3.76. The normalized spacial score (nSPS) is 18.8. The van der Waals surface area contributed by atoms with E-state index in [9.17, 15) is 9.90 Å². The van der Waals surface area contributed by atoms with Gasteiger partial charge >= 0.3 is 0 Å². The van der Waals surface area contributed by atoms with Crippen molar-refractivity contribution in [3.63, 3.8) is 0 Å². The van der Waals surface area contributed by atoms with Crippen LogP contribution in [0.25, 0.3) is 5.57 Å². The molecule has 144 valence electrons. The number of hydrogen-bond donors (Lipinski definition) is 1. The summed E-state index contributed by atoms with van der Waals surface area (Å²) < 4.78 is 0.437. The Morgan fingerprint density at radius 2 is 2.00 bits per heavy atom. The van der Waals surface area contributed by atoms with Crippen LogP contribution in [-0.4, -0.2) is 38.9 Å². The highest BCUT2D eigenvalue weighted by atomic mass is 35.5. The smallest absolute Gasteiger partial charge is 0.264 e. The summed E-state index contributed by atoms with van der Waals surface area (Å²) in [6.45, 7) is 5.52. The highest BCUT2D eigenvalue weighted by Gasteiger charge is 2.39. The van der Waals surface area contributed by atoms with Crippen molar-refractivity contribution in [3.8, 4) is 0 Å². The quantitative estimate of drug-likeness (QED) is 0.529. The Kier molecular flexibility index (Phi) is 7.89. The van der Waals surface area contributed by atoms with Gasteiger partial charge in [-0.1, -0.05) is 67.5 Å². The van der Waals surface area contributed by atoms with E-state index in [1.54, 1.807) is 30.3 Å². The number of aliphatic imine (C=N–C) groups is 1. The summed E-state index contributed by atoms with van der Waals surface area (Å²) in [4.78, 5) is 24.1. The number of aliphatic hydroxyl groups excluding tert-OH is 1. The number of hydrogen-bond acceptors (Lipinski definition) is 6. The van der Waals surface area contributed by atoms with Crippen LogP contribution in [0.15, 0.2) is 47.3 Å². The van der Waals surface area contributed by atoms with Gasteiger partial charge in [0.05, 0.1) is 11.6 Å². The fraction of sp³-hybridized carbons (Fsp3) is 0.316. The van der Waals surface area contributed by atoms with Gasteiger partial charge in [0.25, 0.3) is 5.91 Å². The molecule has 1 atom stereocenters. The first-order valence-corrected chi connectivity index (χ1v) is 10.7. The van der Waals surface area contributed by atoms with Gasteiger partial charge in [-0.25, -0.2) is 4.98 Å². The van der Waals surface area contributed by atoms with E-state index in [4.69, 9.17) is 11.6 Å². The van der Waals surface area contributed by atoms with E-state index in [0.29, 0.717) is 21.0 Å². The Labute approximate surface area is 172 Å². The minimum atomic E-state index is -0.286. The lowest BCUT2D eigenvalue weighted by molar-refractivity contribution is -0.122. The van der Waals surface area contributed by atoms with Crippen molar-refractivity contribution in [2.75, 3.05) is 12.8 Å². The number of aliphatic hydroxyl groups is 1. The maximum absolute atomic E-state index is 13.3. The zero-order chi connectivity index (χ0) is 20.0. The number of carbonyl (C=O) groups excluding carboxylic acids is 1. The third-order valence-corrected chi connectivity index (χ3v) is 6.10. The number of carbonyl (C=O) groups is 1. The predicted molar refractivity (Wildman–Crippen MR) is 116 cm³/mol. The van der Waals surface area contributed by atoms with E-state index < -0.39 is 0 Å². The number of benzene rings is 1. The van der Waals surface area contributed by atoms with Crippen molar-refractivity contribution >= 4 is 51.3 Å². The Morgan fingerprint density at radius 3 is 2.52 bits per heavy atom. The number of rotatable bonds is 3. The van der Waals surface area contributed by atoms with Crippen LogP contribution in [0.1, 0.15) is 37.3 Å². The van der Waals surface area contributed by atoms with Gasteiger partial charge < -0.3 is 5.11 Å². The number of amidine groups is 1.